The summed E-state index contributed by atoms with van der Waals surface area (Å²) in [5.41, 5.74) is 0. The van der Waals surface area contributed by atoms with Gasteiger partial charge in [0, 0.05) is 12.1 Å². The maximum atomic E-state index is 12.2. The van der Waals surface area contributed by atoms with Gasteiger partial charge in [0.15, 0.2) is 6.10 Å². The van der Waals surface area contributed by atoms with Gasteiger partial charge in [0.25, 0.3) is 5.91 Å². The van der Waals surface area contributed by atoms with E-state index in [0.29, 0.717) is 11.8 Å². The second-order valence-electron chi connectivity index (χ2n) is 5.19. The quantitative estimate of drug-likeness (QED) is 0.848. The number of amides is 1. The van der Waals surface area contributed by atoms with E-state index in [4.69, 9.17) is 4.74 Å². The van der Waals surface area contributed by atoms with Gasteiger partial charge < -0.3 is 15.4 Å². The summed E-state index contributed by atoms with van der Waals surface area (Å²) in [5.74, 6) is 0.617. The molecular formula is C15H22BrClN2O2. The summed E-state index contributed by atoms with van der Waals surface area (Å²) in [4.78, 5) is 12.2. The number of ether oxygens (including phenoxy) is 1. The maximum absolute atomic E-state index is 12.2. The first kappa shape index (κ1) is 18.3. The number of rotatable bonds is 4. The van der Waals surface area contributed by atoms with E-state index in [1.807, 2.05) is 24.3 Å². The zero-order chi connectivity index (χ0) is 14.5. The van der Waals surface area contributed by atoms with Crippen LogP contribution in [-0.2, 0) is 4.79 Å². The fraction of sp³-hybridized carbons (Fsp3) is 0.533. The highest BCUT2D eigenvalue weighted by Gasteiger charge is 2.25. The molecule has 0 aliphatic carbocycles. The Morgan fingerprint density at radius 3 is 2.86 bits per heavy atom. The van der Waals surface area contributed by atoms with Crippen LogP contribution in [0.4, 0.5) is 0 Å². The molecule has 2 N–H and O–H groups in total. The molecular weight excluding hydrogens is 356 g/mol. The van der Waals surface area contributed by atoms with Crippen molar-refractivity contribution < 1.29 is 9.53 Å². The molecule has 3 unspecified atom stereocenters. The van der Waals surface area contributed by atoms with Crippen LogP contribution in [0.1, 0.15) is 26.7 Å². The third-order valence-electron chi connectivity index (χ3n) is 3.60. The van der Waals surface area contributed by atoms with Gasteiger partial charge in [-0.25, -0.2) is 0 Å². The van der Waals surface area contributed by atoms with Crippen LogP contribution in [0.3, 0.4) is 0 Å². The van der Waals surface area contributed by atoms with Crippen LogP contribution in [0.15, 0.2) is 28.7 Å². The molecule has 1 heterocycles. The molecule has 0 bridgehead atoms. The number of nitrogens with one attached hydrogen (secondary N) is 2. The van der Waals surface area contributed by atoms with Crippen molar-refractivity contribution in [3.8, 4) is 5.75 Å². The zero-order valence-electron chi connectivity index (χ0n) is 12.3. The summed E-state index contributed by atoms with van der Waals surface area (Å²) in [6.07, 6.45) is 1.60. The zero-order valence-corrected chi connectivity index (χ0v) is 14.7. The lowest BCUT2D eigenvalue weighted by molar-refractivity contribution is -0.128. The molecule has 6 heteroatoms. The Hall–Kier alpha value is -0.780. The van der Waals surface area contributed by atoms with E-state index in [9.17, 15) is 4.79 Å². The van der Waals surface area contributed by atoms with Gasteiger partial charge in [-0.2, -0.15) is 0 Å². The van der Waals surface area contributed by atoms with Crippen molar-refractivity contribution in [2.45, 2.75) is 44.9 Å². The molecule has 1 aromatic carbocycles. The van der Waals surface area contributed by atoms with Gasteiger partial charge in [-0.15, -0.1) is 12.4 Å². The Morgan fingerprint density at radius 2 is 2.19 bits per heavy atom. The summed E-state index contributed by atoms with van der Waals surface area (Å²) in [6.45, 7) is 4.90. The first-order chi connectivity index (χ1) is 9.58. The van der Waals surface area contributed by atoms with Crippen LogP contribution in [0, 0.1) is 0 Å². The molecule has 3 atom stereocenters. The average molecular weight is 378 g/mol. The predicted octanol–water partition coefficient (Wildman–Crippen LogP) is 2.89. The number of halogens is 2. The molecule has 1 aliphatic rings. The molecule has 0 spiro atoms. The van der Waals surface area contributed by atoms with Gasteiger partial charge in [-0.3, -0.25) is 4.79 Å². The van der Waals surface area contributed by atoms with Gasteiger partial charge in [-0.1, -0.05) is 12.1 Å². The summed E-state index contributed by atoms with van der Waals surface area (Å²) in [6, 6.07) is 8.03. The minimum absolute atomic E-state index is 0. The monoisotopic (exact) mass is 376 g/mol. The Kier molecular flexibility index (Phi) is 7.49. The lowest BCUT2D eigenvalue weighted by Gasteiger charge is -2.31. The second kappa shape index (κ2) is 8.61. The summed E-state index contributed by atoms with van der Waals surface area (Å²) in [5, 5.41) is 6.44. The van der Waals surface area contributed by atoms with E-state index in [0.717, 1.165) is 23.9 Å². The van der Waals surface area contributed by atoms with Gasteiger partial charge in [0.05, 0.1) is 4.47 Å². The van der Waals surface area contributed by atoms with Crippen molar-refractivity contribution in [2.24, 2.45) is 0 Å². The fourth-order valence-corrected chi connectivity index (χ4v) is 2.70. The highest BCUT2D eigenvalue weighted by molar-refractivity contribution is 9.10. The SMILES string of the molecule is CC(Oc1ccccc1Br)C(=O)NC1CCCNC1C.Cl. The summed E-state index contributed by atoms with van der Waals surface area (Å²) >= 11 is 3.42. The van der Waals surface area contributed by atoms with E-state index in [1.54, 1.807) is 6.92 Å². The molecule has 2 rings (SSSR count). The lowest BCUT2D eigenvalue weighted by atomic mass is 10.00. The molecule has 0 radical (unpaired) electrons. The van der Waals surface area contributed by atoms with Crippen LogP contribution in [0.5, 0.6) is 5.75 Å². The molecule has 1 fully saturated rings. The van der Waals surface area contributed by atoms with Crippen molar-refractivity contribution in [1.82, 2.24) is 10.6 Å². The van der Waals surface area contributed by atoms with Crippen LogP contribution in [-0.4, -0.2) is 30.6 Å². The van der Waals surface area contributed by atoms with Crippen LogP contribution >= 0.6 is 28.3 Å². The topological polar surface area (TPSA) is 50.4 Å². The molecule has 1 aromatic rings. The largest absolute Gasteiger partial charge is 0.480 e. The Morgan fingerprint density at radius 1 is 1.48 bits per heavy atom. The van der Waals surface area contributed by atoms with E-state index in [1.165, 1.54) is 0 Å². The van der Waals surface area contributed by atoms with Gasteiger partial charge in [0.2, 0.25) is 0 Å². The first-order valence-electron chi connectivity index (χ1n) is 7.03. The van der Waals surface area contributed by atoms with Crippen molar-refractivity contribution in [3.05, 3.63) is 28.7 Å². The van der Waals surface area contributed by atoms with E-state index < -0.39 is 6.10 Å². The third-order valence-corrected chi connectivity index (χ3v) is 4.25. The highest BCUT2D eigenvalue weighted by Crippen LogP contribution is 2.24. The predicted molar refractivity (Wildman–Crippen MR) is 90.1 cm³/mol. The van der Waals surface area contributed by atoms with E-state index in [2.05, 4.69) is 33.5 Å². The smallest absolute Gasteiger partial charge is 0.261 e. The molecule has 1 amide bonds. The summed E-state index contributed by atoms with van der Waals surface area (Å²) < 4.78 is 6.56. The minimum atomic E-state index is -0.511. The van der Waals surface area contributed by atoms with Crippen LogP contribution in [0.25, 0.3) is 0 Å². The second-order valence-corrected chi connectivity index (χ2v) is 6.04. The van der Waals surface area contributed by atoms with Gasteiger partial charge in [0.1, 0.15) is 5.75 Å². The van der Waals surface area contributed by atoms with Crippen molar-refractivity contribution in [1.29, 1.82) is 0 Å². The third kappa shape index (κ3) is 5.16. The van der Waals surface area contributed by atoms with Gasteiger partial charge in [-0.05, 0) is 61.3 Å². The van der Waals surface area contributed by atoms with Crippen molar-refractivity contribution in [2.75, 3.05) is 6.54 Å². The number of hydrogen-bond acceptors (Lipinski definition) is 3. The summed E-state index contributed by atoms with van der Waals surface area (Å²) in [7, 11) is 0. The van der Waals surface area contributed by atoms with Crippen LogP contribution < -0.4 is 15.4 Å². The molecule has 4 nitrogen and oxygen atoms in total. The molecule has 0 aromatic heterocycles. The van der Waals surface area contributed by atoms with E-state index in [-0.39, 0.29) is 24.4 Å². The first-order valence-corrected chi connectivity index (χ1v) is 7.82. The number of para-hydroxylation sites is 1. The number of hydrogen-bond donors (Lipinski definition) is 2. The Balaban J connectivity index is 0.00000220. The maximum Gasteiger partial charge on any atom is 0.261 e. The molecule has 118 valence electrons. The van der Waals surface area contributed by atoms with E-state index >= 15 is 0 Å². The minimum Gasteiger partial charge on any atom is -0.480 e. The number of carbonyl (C=O) groups is 1. The number of piperidine rings is 1. The molecule has 21 heavy (non-hydrogen) atoms. The highest BCUT2D eigenvalue weighted by atomic mass is 79.9. The Bertz CT molecular complexity index is 473. The average Bonchev–Trinajstić information content (AvgIpc) is 2.43. The lowest BCUT2D eigenvalue weighted by Crippen LogP contribution is -2.54. The van der Waals surface area contributed by atoms with Crippen molar-refractivity contribution in [3.63, 3.8) is 0 Å². The molecule has 1 aliphatic heterocycles. The Labute approximate surface area is 140 Å². The number of carbonyl (C=O) groups excluding carboxylic acids is 1. The normalized spacial score (nSPS) is 22.8. The van der Waals surface area contributed by atoms with Gasteiger partial charge >= 0.3 is 0 Å². The van der Waals surface area contributed by atoms with Crippen molar-refractivity contribution >= 4 is 34.2 Å². The molecule has 1 saturated heterocycles. The fourth-order valence-electron chi connectivity index (χ4n) is 2.33. The van der Waals surface area contributed by atoms with Crippen LogP contribution in [0.2, 0.25) is 0 Å². The standard InChI is InChI=1S/C15H21BrN2O2.ClH/c1-10-13(7-5-9-17-10)18-15(19)11(2)20-14-8-4-3-6-12(14)16;/h3-4,6,8,10-11,13,17H,5,7,9H2,1-2H3,(H,18,19);1H. The number of benzene rings is 1. The molecule has 0 saturated carbocycles.